The molecule has 6 atom stereocenters. The fourth-order valence-electron chi connectivity index (χ4n) is 4.89. The standard InChI is InChI=1S/C15H24O3/c1-10-13(2)6-5-12(17)14(3,8-16)11(13)4-7-15(10)9-18-15/h8,10-12,17H,4-7,9H2,1-3H3/t10-,11-,12+,13-,14-,15?/m0/s1. The van der Waals surface area contributed by atoms with Gasteiger partial charge >= 0.3 is 0 Å². The Morgan fingerprint density at radius 3 is 2.50 bits per heavy atom. The average Bonchev–Trinajstić information content (AvgIpc) is 3.13. The summed E-state index contributed by atoms with van der Waals surface area (Å²) in [6.45, 7) is 7.42. The molecule has 1 spiro atoms. The van der Waals surface area contributed by atoms with E-state index in [0.29, 0.717) is 5.92 Å². The molecule has 1 aliphatic heterocycles. The number of epoxide rings is 1. The molecule has 1 saturated heterocycles. The number of hydrogen-bond donors (Lipinski definition) is 1. The van der Waals surface area contributed by atoms with Crippen LogP contribution < -0.4 is 0 Å². The van der Waals surface area contributed by atoms with Gasteiger partial charge in [0.05, 0.1) is 23.7 Å². The van der Waals surface area contributed by atoms with Crippen LogP contribution in [-0.2, 0) is 9.53 Å². The third-order valence-corrected chi connectivity index (χ3v) is 6.62. The first-order chi connectivity index (χ1) is 8.39. The van der Waals surface area contributed by atoms with Gasteiger partial charge in [-0.25, -0.2) is 0 Å². The Labute approximate surface area is 109 Å². The van der Waals surface area contributed by atoms with Crippen molar-refractivity contribution in [2.45, 2.75) is 58.2 Å². The van der Waals surface area contributed by atoms with Crippen molar-refractivity contribution < 1.29 is 14.6 Å². The van der Waals surface area contributed by atoms with Gasteiger partial charge in [-0.2, -0.15) is 0 Å². The fourth-order valence-corrected chi connectivity index (χ4v) is 4.89. The number of hydrogen-bond acceptors (Lipinski definition) is 3. The van der Waals surface area contributed by atoms with Crippen molar-refractivity contribution in [3.8, 4) is 0 Å². The van der Waals surface area contributed by atoms with Crippen molar-refractivity contribution >= 4 is 6.29 Å². The van der Waals surface area contributed by atoms with Gasteiger partial charge in [0.2, 0.25) is 0 Å². The van der Waals surface area contributed by atoms with E-state index in [9.17, 15) is 9.90 Å². The van der Waals surface area contributed by atoms with Gasteiger partial charge in [0.25, 0.3) is 0 Å². The number of aliphatic hydroxyl groups is 1. The first-order valence-electron chi connectivity index (χ1n) is 7.17. The van der Waals surface area contributed by atoms with Crippen LogP contribution in [0.25, 0.3) is 0 Å². The zero-order valence-corrected chi connectivity index (χ0v) is 11.6. The molecule has 0 radical (unpaired) electrons. The molecule has 3 nitrogen and oxygen atoms in total. The summed E-state index contributed by atoms with van der Waals surface area (Å²) < 4.78 is 5.74. The van der Waals surface area contributed by atoms with Gasteiger partial charge < -0.3 is 14.6 Å². The van der Waals surface area contributed by atoms with Crippen LogP contribution in [0.5, 0.6) is 0 Å². The summed E-state index contributed by atoms with van der Waals surface area (Å²) in [5, 5.41) is 10.3. The molecular formula is C15H24O3. The van der Waals surface area contributed by atoms with Crippen molar-refractivity contribution in [3.63, 3.8) is 0 Å². The molecule has 3 rings (SSSR count). The monoisotopic (exact) mass is 252 g/mol. The summed E-state index contributed by atoms with van der Waals surface area (Å²) >= 11 is 0. The second-order valence-electron chi connectivity index (χ2n) is 7.21. The predicted molar refractivity (Wildman–Crippen MR) is 68.1 cm³/mol. The van der Waals surface area contributed by atoms with Gasteiger partial charge in [0, 0.05) is 0 Å². The van der Waals surface area contributed by atoms with Crippen LogP contribution in [0, 0.1) is 22.7 Å². The topological polar surface area (TPSA) is 49.8 Å². The maximum absolute atomic E-state index is 11.6. The summed E-state index contributed by atoms with van der Waals surface area (Å²) in [4.78, 5) is 11.6. The number of aliphatic hydroxyl groups excluding tert-OH is 1. The largest absolute Gasteiger partial charge is 0.392 e. The maximum atomic E-state index is 11.6. The minimum atomic E-state index is -0.572. The number of carbonyl (C=O) groups excluding carboxylic acids is 1. The SMILES string of the molecule is C[C@@H]1C2(CC[C@@H]3[C@](C)(C=O)[C@H](O)CC[C@@]13C)CO2. The highest BCUT2D eigenvalue weighted by Gasteiger charge is 2.65. The van der Waals surface area contributed by atoms with Gasteiger partial charge in [-0.1, -0.05) is 20.8 Å². The van der Waals surface area contributed by atoms with E-state index >= 15 is 0 Å². The normalized spacial score (nSPS) is 59.2. The first kappa shape index (κ1) is 12.6. The first-order valence-corrected chi connectivity index (χ1v) is 7.17. The molecule has 18 heavy (non-hydrogen) atoms. The van der Waals surface area contributed by atoms with E-state index in [1.165, 1.54) is 0 Å². The fraction of sp³-hybridized carbons (Fsp3) is 0.933. The van der Waals surface area contributed by atoms with Crippen LogP contribution in [-0.4, -0.2) is 29.7 Å². The Morgan fingerprint density at radius 2 is 1.94 bits per heavy atom. The lowest BCUT2D eigenvalue weighted by Gasteiger charge is -2.58. The van der Waals surface area contributed by atoms with Crippen LogP contribution in [0.15, 0.2) is 0 Å². The summed E-state index contributed by atoms with van der Waals surface area (Å²) in [5.41, 5.74) is -0.348. The van der Waals surface area contributed by atoms with Gasteiger partial charge in [-0.15, -0.1) is 0 Å². The highest BCUT2D eigenvalue weighted by Crippen LogP contribution is 2.64. The van der Waals surface area contributed by atoms with E-state index < -0.39 is 11.5 Å². The molecule has 2 aliphatic carbocycles. The van der Waals surface area contributed by atoms with E-state index in [1.807, 2.05) is 6.92 Å². The zero-order chi connectivity index (χ0) is 13.2. The van der Waals surface area contributed by atoms with E-state index in [1.54, 1.807) is 0 Å². The molecule has 1 unspecified atom stereocenters. The second-order valence-corrected chi connectivity index (χ2v) is 7.21. The summed E-state index contributed by atoms with van der Waals surface area (Å²) in [6.07, 6.45) is 4.34. The average molecular weight is 252 g/mol. The van der Waals surface area contributed by atoms with Crippen LogP contribution in [0.1, 0.15) is 46.5 Å². The third kappa shape index (κ3) is 1.35. The number of rotatable bonds is 1. The molecular weight excluding hydrogens is 228 g/mol. The number of aldehydes is 1. The van der Waals surface area contributed by atoms with Crippen molar-refractivity contribution in [3.05, 3.63) is 0 Å². The Kier molecular flexibility index (Phi) is 2.50. The third-order valence-electron chi connectivity index (χ3n) is 6.62. The Balaban J connectivity index is 1.98. The smallest absolute Gasteiger partial charge is 0.128 e. The summed E-state index contributed by atoms with van der Waals surface area (Å²) in [5.74, 6) is 0.770. The lowest BCUT2D eigenvalue weighted by atomic mass is 9.46. The molecule has 102 valence electrons. The van der Waals surface area contributed by atoms with Crippen LogP contribution >= 0.6 is 0 Å². The highest BCUT2D eigenvalue weighted by atomic mass is 16.6. The predicted octanol–water partition coefficient (Wildman–Crippen LogP) is 2.17. The molecule has 0 aromatic rings. The Hall–Kier alpha value is -0.410. The van der Waals surface area contributed by atoms with E-state index in [4.69, 9.17) is 4.74 Å². The number of fused-ring (bicyclic) bond motifs is 1. The number of carbonyl (C=O) groups is 1. The molecule has 0 amide bonds. The molecule has 0 aromatic carbocycles. The highest BCUT2D eigenvalue weighted by molar-refractivity contribution is 5.61. The molecule has 3 heteroatoms. The molecule has 3 fully saturated rings. The van der Waals surface area contributed by atoms with Gasteiger partial charge in [0.1, 0.15) is 6.29 Å². The molecule has 2 saturated carbocycles. The summed E-state index contributed by atoms with van der Waals surface area (Å²) in [6, 6.07) is 0. The maximum Gasteiger partial charge on any atom is 0.128 e. The van der Waals surface area contributed by atoms with Crippen molar-refractivity contribution in [2.75, 3.05) is 6.61 Å². The van der Waals surface area contributed by atoms with Crippen LogP contribution in [0.3, 0.4) is 0 Å². The van der Waals surface area contributed by atoms with E-state index in [0.717, 1.165) is 38.6 Å². The molecule has 0 bridgehead atoms. The number of ether oxygens (including phenoxy) is 1. The second kappa shape index (κ2) is 3.57. The van der Waals surface area contributed by atoms with Crippen molar-refractivity contribution in [1.29, 1.82) is 0 Å². The Morgan fingerprint density at radius 1 is 1.28 bits per heavy atom. The van der Waals surface area contributed by atoms with E-state index in [2.05, 4.69) is 13.8 Å². The lowest BCUT2D eigenvalue weighted by Crippen LogP contribution is -2.59. The van der Waals surface area contributed by atoms with Crippen LogP contribution in [0.4, 0.5) is 0 Å². The molecule has 1 heterocycles. The molecule has 0 aromatic heterocycles. The zero-order valence-electron chi connectivity index (χ0n) is 11.6. The van der Waals surface area contributed by atoms with Gasteiger partial charge in [-0.05, 0) is 42.9 Å². The summed E-state index contributed by atoms with van der Waals surface area (Å²) in [7, 11) is 0. The van der Waals surface area contributed by atoms with Gasteiger partial charge in [0.15, 0.2) is 0 Å². The van der Waals surface area contributed by atoms with Gasteiger partial charge in [-0.3, -0.25) is 0 Å². The Bertz CT molecular complexity index is 376. The lowest BCUT2D eigenvalue weighted by molar-refractivity contribution is -0.164. The van der Waals surface area contributed by atoms with E-state index in [-0.39, 0.29) is 16.9 Å². The minimum Gasteiger partial charge on any atom is -0.392 e. The van der Waals surface area contributed by atoms with Crippen molar-refractivity contribution in [2.24, 2.45) is 22.7 Å². The molecule has 1 N–H and O–H groups in total. The molecule has 3 aliphatic rings. The minimum absolute atomic E-state index is 0.0946. The van der Waals surface area contributed by atoms with Crippen LogP contribution in [0.2, 0.25) is 0 Å². The van der Waals surface area contributed by atoms with Crippen molar-refractivity contribution in [1.82, 2.24) is 0 Å². The quantitative estimate of drug-likeness (QED) is 0.575.